The third-order valence-electron chi connectivity index (χ3n) is 8.58. The fourth-order valence-electron chi connectivity index (χ4n) is 5.37. The van der Waals surface area contributed by atoms with Crippen LogP contribution in [-0.2, 0) is 32.7 Å². The number of carbonyl (C=O) groups excluding carboxylic acids is 2. The van der Waals surface area contributed by atoms with Gasteiger partial charge in [-0.15, -0.1) is 0 Å². The molecule has 1 aliphatic carbocycles. The highest BCUT2D eigenvalue weighted by Gasteiger charge is 2.51. The molecule has 0 amide bonds. The third kappa shape index (κ3) is 24.5. The summed E-state index contributed by atoms with van der Waals surface area (Å²) >= 11 is 0. The number of carbonyl (C=O) groups is 2. The normalized spacial score (nSPS) is 23.9. The van der Waals surface area contributed by atoms with Crippen LogP contribution < -0.4 is 0 Å². The average Bonchev–Trinajstić information content (AvgIpc) is 3.16. The molecule has 0 saturated heterocycles. The quantitative estimate of drug-likeness (QED) is 0.0202. The van der Waals surface area contributed by atoms with Crippen molar-refractivity contribution in [2.24, 2.45) is 0 Å². The molecular formula is C41H67O13P. The number of phosphoric acid groups is 1. The Hall–Kier alpha value is -2.71. The molecule has 0 aliphatic heterocycles. The molecule has 0 aromatic rings. The number of ether oxygens (including phenoxy) is 2. The largest absolute Gasteiger partial charge is 0.472 e. The maximum atomic E-state index is 12.7. The lowest BCUT2D eigenvalue weighted by atomic mass is 9.85. The summed E-state index contributed by atoms with van der Waals surface area (Å²) in [6, 6.07) is 0. The lowest BCUT2D eigenvalue weighted by molar-refractivity contribution is -0.220. The van der Waals surface area contributed by atoms with Crippen LogP contribution in [-0.4, -0.2) is 98.3 Å². The average molecular weight is 799 g/mol. The summed E-state index contributed by atoms with van der Waals surface area (Å²) in [6.45, 7) is 3.02. The van der Waals surface area contributed by atoms with Crippen LogP contribution in [0.25, 0.3) is 0 Å². The second kappa shape index (κ2) is 31.4. The van der Waals surface area contributed by atoms with Gasteiger partial charge in [0.1, 0.15) is 43.2 Å². The molecule has 0 bridgehead atoms. The lowest BCUT2D eigenvalue weighted by Crippen LogP contribution is -2.64. The predicted molar refractivity (Wildman–Crippen MR) is 212 cm³/mol. The lowest BCUT2D eigenvalue weighted by Gasteiger charge is -2.41. The van der Waals surface area contributed by atoms with Gasteiger partial charge in [-0.05, 0) is 51.4 Å². The Bertz CT molecular complexity index is 1240. The molecule has 55 heavy (non-hydrogen) atoms. The van der Waals surface area contributed by atoms with E-state index in [0.717, 1.165) is 64.2 Å². The molecule has 0 aromatic carbocycles. The van der Waals surface area contributed by atoms with E-state index in [2.05, 4.69) is 68.5 Å². The zero-order valence-electron chi connectivity index (χ0n) is 32.7. The Labute approximate surface area is 327 Å². The van der Waals surface area contributed by atoms with E-state index in [1.807, 2.05) is 18.2 Å². The molecule has 314 valence electrons. The van der Waals surface area contributed by atoms with Crippen LogP contribution in [0, 0.1) is 0 Å². The number of hydrogen-bond donors (Lipinski definition) is 6. The summed E-state index contributed by atoms with van der Waals surface area (Å²) in [5.74, 6) is -1.21. The fraction of sp³-hybridized carbons (Fsp3) is 0.659. The van der Waals surface area contributed by atoms with Gasteiger partial charge in [-0.1, -0.05) is 125 Å². The molecule has 0 radical (unpaired) electrons. The minimum absolute atomic E-state index is 0.0313. The Morgan fingerprint density at radius 1 is 0.582 bits per heavy atom. The number of unbranched alkanes of at least 4 members (excludes halogenated alkanes) is 6. The monoisotopic (exact) mass is 798 g/mol. The van der Waals surface area contributed by atoms with Crippen molar-refractivity contribution in [3.05, 3.63) is 72.9 Å². The highest BCUT2D eigenvalue weighted by Crippen LogP contribution is 2.47. The molecule has 6 atom stereocenters. The number of rotatable bonds is 30. The van der Waals surface area contributed by atoms with Gasteiger partial charge in [0.25, 0.3) is 0 Å². The molecule has 1 saturated carbocycles. The van der Waals surface area contributed by atoms with Crippen LogP contribution in [0.4, 0.5) is 0 Å². The smallest absolute Gasteiger partial charge is 0.462 e. The maximum Gasteiger partial charge on any atom is 0.472 e. The van der Waals surface area contributed by atoms with E-state index >= 15 is 0 Å². The summed E-state index contributed by atoms with van der Waals surface area (Å²) in [5, 5.41) is 49.9. The van der Waals surface area contributed by atoms with Crippen LogP contribution in [0.1, 0.15) is 117 Å². The SMILES string of the molecule is CC/C=C\C/C=C\C/C=C\C/C=C\C/C=C\C/C=C\CCC(=O)OC(COC(=O)CCCCCCCCC)COP(=O)(O)OC1C(O)C(O)C(O)C(O)C1O. The van der Waals surface area contributed by atoms with Gasteiger partial charge >= 0.3 is 19.8 Å². The van der Waals surface area contributed by atoms with Crippen molar-refractivity contribution in [3.8, 4) is 0 Å². The Kier molecular flexibility index (Phi) is 28.7. The van der Waals surface area contributed by atoms with Crippen molar-refractivity contribution >= 4 is 19.8 Å². The molecule has 1 aliphatic rings. The van der Waals surface area contributed by atoms with Crippen molar-refractivity contribution in [1.82, 2.24) is 0 Å². The molecule has 6 N–H and O–H groups in total. The van der Waals surface area contributed by atoms with E-state index in [9.17, 15) is 44.6 Å². The maximum absolute atomic E-state index is 12.7. The van der Waals surface area contributed by atoms with E-state index in [1.54, 1.807) is 0 Å². The van der Waals surface area contributed by atoms with Crippen LogP contribution in [0.3, 0.4) is 0 Å². The van der Waals surface area contributed by atoms with Crippen LogP contribution in [0.5, 0.6) is 0 Å². The molecule has 0 aromatic heterocycles. The number of esters is 2. The number of aliphatic hydroxyl groups is 5. The van der Waals surface area contributed by atoms with Gasteiger partial charge in [-0.25, -0.2) is 4.57 Å². The first-order chi connectivity index (χ1) is 26.4. The standard InChI is InChI=1S/C41H67O13P/c1-3-5-7-9-11-12-13-14-15-16-17-18-19-20-21-22-24-26-28-30-35(43)53-33(31-51-34(42)29-27-25-23-10-8-6-4-2)32-52-55(49,50)54-41-39(47)37(45)36(44)38(46)40(41)48/h5,7,11-12,14-15,17-18,20-21,24,26,33,36-41,44-48H,3-4,6,8-10,13,16,19,22-23,25,27-32H2,1-2H3,(H,49,50)/b7-5-,12-11-,15-14-,18-17-,21-20-,26-24-. The number of allylic oxidation sites excluding steroid dienone is 12. The van der Waals surface area contributed by atoms with Gasteiger partial charge in [-0.2, -0.15) is 0 Å². The molecule has 14 heteroatoms. The first-order valence-corrected chi connectivity index (χ1v) is 21.2. The molecule has 13 nitrogen and oxygen atoms in total. The Balaban J connectivity index is 2.56. The summed E-state index contributed by atoms with van der Waals surface area (Å²) in [4.78, 5) is 35.3. The summed E-state index contributed by atoms with van der Waals surface area (Å²) in [6.07, 6.45) is 24.5. The predicted octanol–water partition coefficient (Wildman–Crippen LogP) is 6.38. The van der Waals surface area contributed by atoms with Crippen LogP contribution in [0.15, 0.2) is 72.9 Å². The van der Waals surface area contributed by atoms with Gasteiger partial charge in [0.2, 0.25) is 0 Å². The van der Waals surface area contributed by atoms with Crippen LogP contribution in [0.2, 0.25) is 0 Å². The highest BCUT2D eigenvalue weighted by molar-refractivity contribution is 7.47. The first kappa shape index (κ1) is 50.3. The fourth-order valence-corrected chi connectivity index (χ4v) is 6.34. The second-order valence-electron chi connectivity index (χ2n) is 13.4. The highest BCUT2D eigenvalue weighted by atomic mass is 31.2. The van der Waals surface area contributed by atoms with Crippen LogP contribution >= 0.6 is 7.82 Å². The summed E-state index contributed by atoms with van der Waals surface area (Å²) in [5.41, 5.74) is 0. The Morgan fingerprint density at radius 2 is 1.04 bits per heavy atom. The number of hydrogen-bond acceptors (Lipinski definition) is 12. The zero-order chi connectivity index (χ0) is 40.7. The number of aliphatic hydroxyl groups excluding tert-OH is 5. The molecular weight excluding hydrogens is 731 g/mol. The van der Waals surface area contributed by atoms with E-state index in [0.29, 0.717) is 19.3 Å². The topological polar surface area (TPSA) is 210 Å². The van der Waals surface area contributed by atoms with E-state index in [4.69, 9.17) is 18.5 Å². The molecule has 1 fully saturated rings. The van der Waals surface area contributed by atoms with E-state index in [-0.39, 0.29) is 12.8 Å². The Morgan fingerprint density at radius 3 is 1.55 bits per heavy atom. The number of phosphoric ester groups is 1. The second-order valence-corrected chi connectivity index (χ2v) is 14.8. The van der Waals surface area contributed by atoms with Gasteiger partial charge in [-0.3, -0.25) is 18.6 Å². The molecule has 6 unspecified atom stereocenters. The van der Waals surface area contributed by atoms with Crippen molar-refractivity contribution in [2.45, 2.75) is 159 Å². The van der Waals surface area contributed by atoms with Crippen molar-refractivity contribution < 1.29 is 63.1 Å². The first-order valence-electron chi connectivity index (χ1n) is 19.7. The van der Waals surface area contributed by atoms with Crippen molar-refractivity contribution in [2.75, 3.05) is 13.2 Å². The van der Waals surface area contributed by atoms with Crippen molar-refractivity contribution in [3.63, 3.8) is 0 Å². The van der Waals surface area contributed by atoms with Gasteiger partial charge in [0, 0.05) is 12.8 Å². The molecule has 1 rings (SSSR count). The third-order valence-corrected chi connectivity index (χ3v) is 9.56. The summed E-state index contributed by atoms with van der Waals surface area (Å²) < 4.78 is 33.2. The minimum atomic E-state index is -5.13. The summed E-state index contributed by atoms with van der Waals surface area (Å²) in [7, 11) is -5.13. The van der Waals surface area contributed by atoms with Gasteiger partial charge in [0.05, 0.1) is 6.61 Å². The molecule has 0 heterocycles. The van der Waals surface area contributed by atoms with E-state index in [1.165, 1.54) is 6.42 Å². The van der Waals surface area contributed by atoms with E-state index < -0.39 is 75.7 Å². The minimum Gasteiger partial charge on any atom is -0.462 e. The molecule has 0 spiro atoms. The zero-order valence-corrected chi connectivity index (χ0v) is 33.6. The van der Waals surface area contributed by atoms with Gasteiger partial charge in [0.15, 0.2) is 6.10 Å². The van der Waals surface area contributed by atoms with Gasteiger partial charge < -0.3 is 39.9 Å². The van der Waals surface area contributed by atoms with Crippen molar-refractivity contribution in [1.29, 1.82) is 0 Å².